The van der Waals surface area contributed by atoms with Gasteiger partial charge in [-0.1, -0.05) is 42.1 Å². The van der Waals surface area contributed by atoms with Gasteiger partial charge >= 0.3 is 0 Å². The van der Waals surface area contributed by atoms with Crippen LogP contribution in [0.25, 0.3) is 0 Å². The molecule has 0 unspecified atom stereocenters. The Bertz CT molecular complexity index is 659. The molecular weight excluding hydrogens is 282 g/mol. The van der Waals surface area contributed by atoms with Crippen LogP contribution in [0.5, 0.6) is 0 Å². The van der Waals surface area contributed by atoms with Gasteiger partial charge in [-0.2, -0.15) is 0 Å². The van der Waals surface area contributed by atoms with E-state index in [4.69, 9.17) is 0 Å². The molecule has 0 saturated heterocycles. The summed E-state index contributed by atoms with van der Waals surface area (Å²) in [6.07, 6.45) is 4.91. The van der Waals surface area contributed by atoms with Gasteiger partial charge in [-0.15, -0.1) is 10.2 Å². The van der Waals surface area contributed by atoms with Crippen LogP contribution in [0, 0.1) is 0 Å². The van der Waals surface area contributed by atoms with Gasteiger partial charge < -0.3 is 4.57 Å². The second kappa shape index (κ2) is 5.30. The first-order valence-electron chi connectivity index (χ1n) is 7.49. The van der Waals surface area contributed by atoms with Gasteiger partial charge in [0.25, 0.3) is 0 Å². The monoisotopic (exact) mass is 299 g/mol. The fraction of sp³-hybridized carbons (Fsp3) is 0.438. The zero-order chi connectivity index (χ0) is 14.2. The summed E-state index contributed by atoms with van der Waals surface area (Å²) in [5.41, 5.74) is 0.768. The third kappa shape index (κ3) is 2.75. The predicted octanol–water partition coefficient (Wildman–Crippen LogP) is 3.47. The molecule has 21 heavy (non-hydrogen) atoms. The van der Waals surface area contributed by atoms with E-state index in [-0.39, 0.29) is 5.78 Å². The zero-order valence-corrected chi connectivity index (χ0v) is 12.6. The van der Waals surface area contributed by atoms with Crippen molar-refractivity contribution in [3.05, 3.63) is 41.7 Å². The lowest BCUT2D eigenvalue weighted by molar-refractivity contribution is 0.102. The van der Waals surface area contributed by atoms with Gasteiger partial charge in [0.05, 0.1) is 5.75 Å². The van der Waals surface area contributed by atoms with Crippen molar-refractivity contribution in [3.8, 4) is 0 Å². The number of nitrogens with zero attached hydrogens (tertiary/aromatic N) is 3. The van der Waals surface area contributed by atoms with Crippen molar-refractivity contribution < 1.29 is 4.79 Å². The van der Waals surface area contributed by atoms with Gasteiger partial charge in [-0.3, -0.25) is 4.79 Å². The van der Waals surface area contributed by atoms with Crippen LogP contribution in [0.3, 0.4) is 0 Å². The lowest BCUT2D eigenvalue weighted by atomic mass is 10.2. The Labute approximate surface area is 128 Å². The van der Waals surface area contributed by atoms with E-state index in [1.165, 1.54) is 37.4 Å². The lowest BCUT2D eigenvalue weighted by Gasteiger charge is -2.07. The van der Waals surface area contributed by atoms with Crippen LogP contribution >= 0.6 is 11.8 Å². The van der Waals surface area contributed by atoms with Gasteiger partial charge in [0, 0.05) is 17.5 Å². The molecule has 2 fully saturated rings. The molecule has 0 aliphatic heterocycles. The molecule has 0 amide bonds. The average molecular weight is 299 g/mol. The van der Waals surface area contributed by atoms with Gasteiger partial charge in [0.15, 0.2) is 10.9 Å². The standard InChI is InChI=1S/C16H17N3OS/c20-14(11-4-2-1-3-5-11)10-21-16-18-17-15(12-6-7-12)19(16)13-8-9-13/h1-5,12-13H,6-10H2. The van der Waals surface area contributed by atoms with Crippen LogP contribution in [0.1, 0.15) is 53.8 Å². The highest BCUT2D eigenvalue weighted by atomic mass is 32.2. The number of Topliss-reactive ketones (excluding diaryl/α,β-unsaturated/α-hetero) is 1. The minimum atomic E-state index is 0.152. The lowest BCUT2D eigenvalue weighted by Crippen LogP contribution is -2.05. The fourth-order valence-electron chi connectivity index (χ4n) is 2.52. The molecular formula is C16H17N3OS. The summed E-state index contributed by atoms with van der Waals surface area (Å²) in [6.45, 7) is 0. The highest BCUT2D eigenvalue weighted by molar-refractivity contribution is 7.99. The summed E-state index contributed by atoms with van der Waals surface area (Å²) in [4.78, 5) is 12.2. The Morgan fingerprint density at radius 3 is 2.57 bits per heavy atom. The van der Waals surface area contributed by atoms with Crippen molar-refractivity contribution in [3.63, 3.8) is 0 Å². The Kier molecular flexibility index (Phi) is 3.30. The molecule has 2 aliphatic rings. The number of hydrogen-bond donors (Lipinski definition) is 0. The molecule has 2 saturated carbocycles. The summed E-state index contributed by atoms with van der Waals surface area (Å²) in [5.74, 6) is 2.34. The maximum Gasteiger partial charge on any atom is 0.191 e. The quantitative estimate of drug-likeness (QED) is 0.605. The van der Waals surface area contributed by atoms with E-state index in [0.29, 0.717) is 17.7 Å². The van der Waals surface area contributed by atoms with Crippen LogP contribution in [-0.4, -0.2) is 26.3 Å². The molecule has 0 N–H and O–H groups in total. The minimum absolute atomic E-state index is 0.152. The number of rotatable bonds is 6. The molecule has 4 nitrogen and oxygen atoms in total. The van der Waals surface area contributed by atoms with E-state index in [9.17, 15) is 4.79 Å². The molecule has 0 spiro atoms. The maximum atomic E-state index is 12.2. The van der Waals surface area contributed by atoms with Crippen LogP contribution < -0.4 is 0 Å². The number of hydrogen-bond acceptors (Lipinski definition) is 4. The highest BCUT2D eigenvalue weighted by Crippen LogP contribution is 2.45. The molecule has 2 aliphatic carbocycles. The number of carbonyl (C=O) groups is 1. The van der Waals surface area contributed by atoms with Crippen LogP contribution in [0.15, 0.2) is 35.5 Å². The fourth-order valence-corrected chi connectivity index (χ4v) is 3.43. The van der Waals surface area contributed by atoms with E-state index in [1.54, 1.807) is 0 Å². The summed E-state index contributed by atoms with van der Waals surface area (Å²) in [7, 11) is 0. The molecule has 4 rings (SSSR count). The highest BCUT2D eigenvalue weighted by Gasteiger charge is 2.36. The zero-order valence-electron chi connectivity index (χ0n) is 11.7. The van der Waals surface area contributed by atoms with Crippen molar-refractivity contribution in [1.82, 2.24) is 14.8 Å². The van der Waals surface area contributed by atoms with Crippen LogP contribution in [0.2, 0.25) is 0 Å². The van der Waals surface area contributed by atoms with Crippen LogP contribution in [0.4, 0.5) is 0 Å². The Balaban J connectivity index is 1.49. The van der Waals surface area contributed by atoms with Crippen molar-refractivity contribution in [2.24, 2.45) is 0 Å². The molecule has 1 aromatic heterocycles. The molecule has 1 aromatic carbocycles. The predicted molar refractivity (Wildman–Crippen MR) is 81.8 cm³/mol. The summed E-state index contributed by atoms with van der Waals surface area (Å²) in [5, 5.41) is 9.62. The minimum Gasteiger partial charge on any atom is -0.303 e. The Morgan fingerprint density at radius 1 is 1.14 bits per heavy atom. The Morgan fingerprint density at radius 2 is 1.90 bits per heavy atom. The third-order valence-electron chi connectivity index (χ3n) is 3.97. The van der Waals surface area contributed by atoms with E-state index in [1.807, 2.05) is 30.3 Å². The summed E-state index contributed by atoms with van der Waals surface area (Å²) in [6, 6.07) is 10.0. The van der Waals surface area contributed by atoms with E-state index < -0.39 is 0 Å². The third-order valence-corrected chi connectivity index (χ3v) is 4.92. The average Bonchev–Trinajstić information content (AvgIpc) is 3.44. The summed E-state index contributed by atoms with van der Waals surface area (Å²) < 4.78 is 2.29. The second-order valence-corrected chi connectivity index (χ2v) is 6.74. The molecule has 0 bridgehead atoms. The first kappa shape index (κ1) is 13.1. The maximum absolute atomic E-state index is 12.2. The smallest absolute Gasteiger partial charge is 0.191 e. The number of thioether (sulfide) groups is 1. The Hall–Kier alpha value is -1.62. The first-order chi connectivity index (χ1) is 10.3. The summed E-state index contributed by atoms with van der Waals surface area (Å²) >= 11 is 1.52. The molecule has 5 heteroatoms. The topological polar surface area (TPSA) is 47.8 Å². The second-order valence-electron chi connectivity index (χ2n) is 5.79. The van der Waals surface area contributed by atoms with Gasteiger partial charge in [-0.05, 0) is 25.7 Å². The number of benzene rings is 1. The number of ketones is 1. The SMILES string of the molecule is O=C(CSc1nnc(C2CC2)n1C1CC1)c1ccccc1. The van der Waals surface area contributed by atoms with Gasteiger partial charge in [-0.25, -0.2) is 0 Å². The van der Waals surface area contributed by atoms with Gasteiger partial charge in [0.1, 0.15) is 5.82 Å². The van der Waals surface area contributed by atoms with Crippen molar-refractivity contribution in [2.75, 3.05) is 5.75 Å². The van der Waals surface area contributed by atoms with Crippen LogP contribution in [-0.2, 0) is 0 Å². The molecule has 1 heterocycles. The molecule has 0 radical (unpaired) electrons. The van der Waals surface area contributed by atoms with Crippen molar-refractivity contribution in [2.45, 2.75) is 42.8 Å². The molecule has 108 valence electrons. The van der Waals surface area contributed by atoms with E-state index in [2.05, 4.69) is 14.8 Å². The number of carbonyl (C=O) groups excluding carboxylic acids is 1. The van der Waals surface area contributed by atoms with Crippen molar-refractivity contribution >= 4 is 17.5 Å². The largest absolute Gasteiger partial charge is 0.303 e. The first-order valence-corrected chi connectivity index (χ1v) is 8.47. The van der Waals surface area contributed by atoms with Gasteiger partial charge in [0.2, 0.25) is 0 Å². The molecule has 0 atom stereocenters. The van der Waals surface area contributed by atoms with E-state index in [0.717, 1.165) is 16.5 Å². The molecule has 2 aromatic rings. The number of aromatic nitrogens is 3. The normalized spacial score (nSPS) is 17.9. The van der Waals surface area contributed by atoms with E-state index >= 15 is 0 Å². The van der Waals surface area contributed by atoms with Crippen molar-refractivity contribution in [1.29, 1.82) is 0 Å².